The summed E-state index contributed by atoms with van der Waals surface area (Å²) in [7, 11) is 1.35. The first kappa shape index (κ1) is 25.3. The second-order valence-corrected chi connectivity index (χ2v) is 7.67. The van der Waals surface area contributed by atoms with Crippen molar-refractivity contribution in [3.8, 4) is 17.2 Å². The van der Waals surface area contributed by atoms with E-state index in [4.69, 9.17) is 37.4 Å². The SMILES string of the molecule is COC=C(C(=O)O)c1ccccc1COc1cc(Cl)c(Oc2ccc(C(F)(F)F)cc2)c(Cl)c1. The van der Waals surface area contributed by atoms with Crippen LogP contribution in [0, 0.1) is 0 Å². The van der Waals surface area contributed by atoms with Gasteiger partial charge in [0.25, 0.3) is 0 Å². The molecule has 1 N–H and O–H groups in total. The fourth-order valence-electron chi connectivity index (χ4n) is 2.96. The zero-order valence-electron chi connectivity index (χ0n) is 17.5. The van der Waals surface area contributed by atoms with Crippen molar-refractivity contribution in [3.05, 3.63) is 93.7 Å². The summed E-state index contributed by atoms with van der Waals surface area (Å²) < 4.78 is 54.4. The van der Waals surface area contributed by atoms with Gasteiger partial charge in [0, 0.05) is 12.1 Å². The molecule has 0 saturated heterocycles. The molecule has 0 aliphatic rings. The molecule has 0 radical (unpaired) electrons. The van der Waals surface area contributed by atoms with Crippen LogP contribution in [-0.2, 0) is 22.3 Å². The van der Waals surface area contributed by atoms with Gasteiger partial charge in [0.15, 0.2) is 5.75 Å². The molecular formula is C24H17Cl2F3O5. The number of hydrogen-bond donors (Lipinski definition) is 1. The molecule has 0 saturated carbocycles. The lowest BCUT2D eigenvalue weighted by Crippen LogP contribution is -2.06. The molecule has 0 spiro atoms. The summed E-state index contributed by atoms with van der Waals surface area (Å²) in [5.41, 5.74) is 0.132. The highest BCUT2D eigenvalue weighted by Crippen LogP contribution is 2.40. The van der Waals surface area contributed by atoms with E-state index in [1.54, 1.807) is 24.3 Å². The highest BCUT2D eigenvalue weighted by atomic mass is 35.5. The molecule has 3 aromatic rings. The predicted octanol–water partition coefficient (Wildman–Crippen LogP) is 7.46. The van der Waals surface area contributed by atoms with E-state index in [2.05, 4.69) is 0 Å². The number of aliphatic carboxylic acids is 1. The van der Waals surface area contributed by atoms with Crippen LogP contribution < -0.4 is 9.47 Å². The van der Waals surface area contributed by atoms with Crippen LogP contribution in [0.4, 0.5) is 13.2 Å². The molecule has 10 heteroatoms. The predicted molar refractivity (Wildman–Crippen MR) is 121 cm³/mol. The molecule has 0 amide bonds. The van der Waals surface area contributed by atoms with Gasteiger partial charge in [-0.05, 0) is 35.4 Å². The maximum Gasteiger partial charge on any atom is 0.416 e. The third kappa shape index (κ3) is 6.15. The minimum atomic E-state index is -4.46. The van der Waals surface area contributed by atoms with Crippen LogP contribution in [0.3, 0.4) is 0 Å². The summed E-state index contributed by atoms with van der Waals surface area (Å²) in [6.07, 6.45) is -3.34. The van der Waals surface area contributed by atoms with Crippen LogP contribution in [0.2, 0.25) is 10.0 Å². The molecule has 0 aliphatic carbocycles. The third-order valence-corrected chi connectivity index (χ3v) is 5.10. The number of carboxylic acid groups (broad SMARTS) is 1. The number of halogens is 5. The van der Waals surface area contributed by atoms with Crippen molar-refractivity contribution >= 4 is 34.7 Å². The van der Waals surface area contributed by atoms with Crippen LogP contribution in [0.5, 0.6) is 17.2 Å². The number of hydrogen-bond acceptors (Lipinski definition) is 4. The van der Waals surface area contributed by atoms with E-state index in [-0.39, 0.29) is 39.5 Å². The minimum absolute atomic E-state index is 0.00370. The van der Waals surface area contributed by atoms with Crippen molar-refractivity contribution in [2.45, 2.75) is 12.8 Å². The summed E-state index contributed by atoms with van der Waals surface area (Å²) in [6, 6.07) is 13.7. The minimum Gasteiger partial charge on any atom is -0.503 e. The van der Waals surface area contributed by atoms with Crippen LogP contribution in [0.25, 0.3) is 5.57 Å². The van der Waals surface area contributed by atoms with Crippen molar-refractivity contribution in [2.24, 2.45) is 0 Å². The van der Waals surface area contributed by atoms with E-state index in [9.17, 15) is 23.1 Å². The van der Waals surface area contributed by atoms with Gasteiger partial charge in [0.1, 0.15) is 23.7 Å². The third-order valence-electron chi connectivity index (χ3n) is 4.54. The quantitative estimate of drug-likeness (QED) is 0.250. The summed E-state index contributed by atoms with van der Waals surface area (Å²) in [6.45, 7) is -0.00370. The highest BCUT2D eigenvalue weighted by molar-refractivity contribution is 6.37. The lowest BCUT2D eigenvalue weighted by atomic mass is 10.0. The molecule has 0 fully saturated rings. The number of carbonyl (C=O) groups is 1. The number of methoxy groups -OCH3 is 1. The Morgan fingerprint density at radius 2 is 1.62 bits per heavy atom. The topological polar surface area (TPSA) is 65.0 Å². The first-order valence-electron chi connectivity index (χ1n) is 9.61. The van der Waals surface area contributed by atoms with E-state index in [1.165, 1.54) is 19.2 Å². The number of benzene rings is 3. The van der Waals surface area contributed by atoms with Crippen LogP contribution in [-0.4, -0.2) is 18.2 Å². The molecule has 0 unspecified atom stereocenters. The Kier molecular flexibility index (Phi) is 7.96. The van der Waals surface area contributed by atoms with Crippen molar-refractivity contribution in [2.75, 3.05) is 7.11 Å². The standard InChI is InChI=1S/C24H17Cl2F3O5/c1-32-13-19(23(30)31)18-5-3-2-4-14(18)12-33-17-10-20(25)22(21(26)11-17)34-16-8-6-15(7-9-16)24(27,28)29/h2-11,13H,12H2,1H3,(H,30,31). The second kappa shape index (κ2) is 10.7. The molecule has 0 heterocycles. The van der Waals surface area contributed by atoms with Gasteiger partial charge >= 0.3 is 12.1 Å². The van der Waals surface area contributed by atoms with E-state index in [0.29, 0.717) is 11.1 Å². The summed E-state index contributed by atoms with van der Waals surface area (Å²) in [4.78, 5) is 11.6. The molecule has 3 rings (SSSR count). The van der Waals surface area contributed by atoms with Gasteiger partial charge < -0.3 is 19.3 Å². The van der Waals surface area contributed by atoms with E-state index < -0.39 is 17.7 Å². The Bertz CT molecular complexity index is 1180. The van der Waals surface area contributed by atoms with Crippen LogP contribution in [0.15, 0.2) is 66.9 Å². The van der Waals surface area contributed by atoms with Crippen molar-refractivity contribution < 1.29 is 37.3 Å². The van der Waals surface area contributed by atoms with Gasteiger partial charge in [-0.15, -0.1) is 0 Å². The summed E-state index contributed by atoms with van der Waals surface area (Å²) in [5, 5.41) is 9.59. The highest BCUT2D eigenvalue weighted by Gasteiger charge is 2.30. The Labute approximate surface area is 202 Å². The first-order valence-corrected chi connectivity index (χ1v) is 10.4. The molecular weight excluding hydrogens is 496 g/mol. The lowest BCUT2D eigenvalue weighted by Gasteiger charge is -2.14. The molecule has 3 aromatic carbocycles. The summed E-state index contributed by atoms with van der Waals surface area (Å²) in [5.74, 6) is -0.722. The molecule has 34 heavy (non-hydrogen) atoms. The van der Waals surface area contributed by atoms with Crippen molar-refractivity contribution in [3.63, 3.8) is 0 Å². The fraction of sp³-hybridized carbons (Fsp3) is 0.125. The Hall–Kier alpha value is -3.36. The average molecular weight is 513 g/mol. The number of alkyl halides is 3. The van der Waals surface area contributed by atoms with Gasteiger partial charge in [0.2, 0.25) is 0 Å². The zero-order valence-corrected chi connectivity index (χ0v) is 19.0. The van der Waals surface area contributed by atoms with Gasteiger partial charge in [-0.3, -0.25) is 0 Å². The molecule has 178 valence electrons. The smallest absolute Gasteiger partial charge is 0.416 e. The van der Waals surface area contributed by atoms with Gasteiger partial charge in [0.05, 0.1) is 29.0 Å². The summed E-state index contributed by atoms with van der Waals surface area (Å²) >= 11 is 12.5. The second-order valence-electron chi connectivity index (χ2n) is 6.86. The van der Waals surface area contributed by atoms with Gasteiger partial charge in [-0.25, -0.2) is 4.79 Å². The molecule has 0 aromatic heterocycles. The van der Waals surface area contributed by atoms with Crippen LogP contribution >= 0.6 is 23.2 Å². The van der Waals surface area contributed by atoms with E-state index in [1.807, 2.05) is 0 Å². The fourth-order valence-corrected chi connectivity index (χ4v) is 3.51. The van der Waals surface area contributed by atoms with Gasteiger partial charge in [-0.1, -0.05) is 47.5 Å². The molecule has 5 nitrogen and oxygen atoms in total. The Morgan fingerprint density at radius 1 is 1.00 bits per heavy atom. The van der Waals surface area contributed by atoms with Gasteiger partial charge in [-0.2, -0.15) is 13.2 Å². The van der Waals surface area contributed by atoms with E-state index in [0.717, 1.165) is 30.5 Å². The van der Waals surface area contributed by atoms with Crippen LogP contribution in [0.1, 0.15) is 16.7 Å². The average Bonchev–Trinajstić information content (AvgIpc) is 2.78. The maximum absolute atomic E-state index is 12.7. The maximum atomic E-state index is 12.7. The molecule has 0 bridgehead atoms. The number of rotatable bonds is 8. The molecule has 0 atom stereocenters. The Morgan fingerprint density at radius 3 is 2.18 bits per heavy atom. The lowest BCUT2D eigenvalue weighted by molar-refractivity contribution is -0.137. The normalized spacial score (nSPS) is 11.8. The number of carboxylic acids is 1. The van der Waals surface area contributed by atoms with E-state index >= 15 is 0 Å². The van der Waals surface area contributed by atoms with Crippen molar-refractivity contribution in [1.29, 1.82) is 0 Å². The monoisotopic (exact) mass is 512 g/mol. The largest absolute Gasteiger partial charge is 0.503 e. The number of ether oxygens (including phenoxy) is 3. The zero-order chi connectivity index (χ0) is 24.9. The first-order chi connectivity index (χ1) is 16.1. The molecule has 0 aliphatic heterocycles. The van der Waals surface area contributed by atoms with Crippen molar-refractivity contribution in [1.82, 2.24) is 0 Å². The Balaban J connectivity index is 1.78.